The normalized spacial score (nSPS) is 16.6. The molecular weight excluding hydrogens is 349 g/mol. The van der Waals surface area contributed by atoms with Gasteiger partial charge in [0.2, 0.25) is 0 Å². The molecule has 0 atom stereocenters. The van der Waals surface area contributed by atoms with Crippen molar-refractivity contribution in [3.8, 4) is 0 Å². The first-order chi connectivity index (χ1) is 10.4. The van der Waals surface area contributed by atoms with Crippen LogP contribution in [0.3, 0.4) is 0 Å². The van der Waals surface area contributed by atoms with Crippen molar-refractivity contribution in [3.63, 3.8) is 0 Å². The van der Waals surface area contributed by atoms with E-state index < -0.39 is 11.8 Å². The number of thioether (sulfide) groups is 1. The van der Waals surface area contributed by atoms with Crippen molar-refractivity contribution in [2.24, 2.45) is 0 Å². The second-order valence-corrected chi connectivity index (χ2v) is 6.53. The maximum atomic E-state index is 13.7. The van der Waals surface area contributed by atoms with Crippen LogP contribution in [-0.2, 0) is 9.59 Å². The van der Waals surface area contributed by atoms with Crippen molar-refractivity contribution in [1.82, 2.24) is 4.90 Å². The van der Waals surface area contributed by atoms with Crippen LogP contribution in [0.1, 0.15) is 18.4 Å². The highest BCUT2D eigenvalue weighted by Crippen LogP contribution is 2.34. The van der Waals surface area contributed by atoms with E-state index >= 15 is 0 Å². The van der Waals surface area contributed by atoms with E-state index in [1.54, 1.807) is 0 Å². The standard InChI is InChI=1S/C14H11ClFNO3S2/c15-9-3-1-4-10(16)8(9)7-11-13(20)17(14(21)22-11)6-2-5-12(18)19/h1,3-4,7H,2,5-6H2,(H,18,19)/p-1/b11-7+. The number of carbonyl (C=O) groups excluding carboxylic acids is 2. The summed E-state index contributed by atoms with van der Waals surface area (Å²) in [5.74, 6) is -2.10. The number of amides is 1. The third kappa shape index (κ3) is 3.85. The summed E-state index contributed by atoms with van der Waals surface area (Å²) >= 11 is 12.0. The minimum atomic E-state index is -1.18. The van der Waals surface area contributed by atoms with Gasteiger partial charge in [0.15, 0.2) is 0 Å². The number of carbonyl (C=O) groups is 2. The van der Waals surface area contributed by atoms with Gasteiger partial charge in [-0.15, -0.1) is 0 Å². The van der Waals surface area contributed by atoms with E-state index in [1.165, 1.54) is 29.2 Å². The highest BCUT2D eigenvalue weighted by Gasteiger charge is 2.31. The number of carboxylic acids is 1. The van der Waals surface area contributed by atoms with Gasteiger partial charge in [0, 0.05) is 18.1 Å². The maximum Gasteiger partial charge on any atom is 0.266 e. The zero-order valence-electron chi connectivity index (χ0n) is 11.2. The molecule has 0 radical (unpaired) electrons. The van der Waals surface area contributed by atoms with Crippen LogP contribution in [0.15, 0.2) is 23.1 Å². The van der Waals surface area contributed by atoms with Gasteiger partial charge in [-0.2, -0.15) is 0 Å². The molecule has 0 spiro atoms. The Morgan fingerprint density at radius 2 is 2.23 bits per heavy atom. The molecule has 0 N–H and O–H groups in total. The molecule has 0 aliphatic carbocycles. The lowest BCUT2D eigenvalue weighted by Gasteiger charge is -2.14. The van der Waals surface area contributed by atoms with E-state index in [0.29, 0.717) is 4.32 Å². The van der Waals surface area contributed by atoms with Gasteiger partial charge in [-0.25, -0.2) is 4.39 Å². The van der Waals surface area contributed by atoms with Crippen molar-refractivity contribution in [3.05, 3.63) is 39.5 Å². The zero-order valence-corrected chi connectivity index (χ0v) is 13.6. The number of hydrogen-bond acceptors (Lipinski definition) is 5. The molecule has 8 heteroatoms. The largest absolute Gasteiger partial charge is 0.550 e. The summed E-state index contributed by atoms with van der Waals surface area (Å²) in [6.07, 6.45) is 1.44. The fourth-order valence-electron chi connectivity index (χ4n) is 1.85. The van der Waals surface area contributed by atoms with E-state index in [4.69, 9.17) is 23.8 Å². The van der Waals surface area contributed by atoms with Gasteiger partial charge in [0.25, 0.3) is 5.91 Å². The van der Waals surface area contributed by atoms with Crippen LogP contribution in [-0.4, -0.2) is 27.6 Å². The van der Waals surface area contributed by atoms with Crippen molar-refractivity contribution < 1.29 is 19.1 Å². The first kappa shape index (κ1) is 16.9. The lowest BCUT2D eigenvalue weighted by atomic mass is 10.2. The molecule has 1 aromatic carbocycles. The molecule has 116 valence electrons. The van der Waals surface area contributed by atoms with Gasteiger partial charge in [-0.1, -0.05) is 41.6 Å². The summed E-state index contributed by atoms with van der Waals surface area (Å²) in [5, 5.41) is 10.6. The van der Waals surface area contributed by atoms with E-state index in [9.17, 15) is 19.1 Å². The van der Waals surface area contributed by atoms with Crippen LogP contribution in [0, 0.1) is 5.82 Å². The summed E-state index contributed by atoms with van der Waals surface area (Å²) < 4.78 is 14.1. The molecule has 4 nitrogen and oxygen atoms in total. The second-order valence-electron chi connectivity index (χ2n) is 4.44. The molecule has 1 aromatic rings. The minimum absolute atomic E-state index is 0.124. The maximum absolute atomic E-state index is 13.7. The van der Waals surface area contributed by atoms with Gasteiger partial charge in [-0.05, 0) is 31.1 Å². The van der Waals surface area contributed by atoms with Crippen LogP contribution in [0.2, 0.25) is 5.02 Å². The lowest BCUT2D eigenvalue weighted by molar-refractivity contribution is -0.305. The molecule has 0 saturated carbocycles. The van der Waals surface area contributed by atoms with Gasteiger partial charge < -0.3 is 9.90 Å². The first-order valence-electron chi connectivity index (χ1n) is 6.29. The van der Waals surface area contributed by atoms with Crippen molar-refractivity contribution in [2.45, 2.75) is 12.8 Å². The van der Waals surface area contributed by atoms with Crippen LogP contribution in [0.5, 0.6) is 0 Å². The highest BCUT2D eigenvalue weighted by molar-refractivity contribution is 8.26. The molecule has 1 aliphatic heterocycles. The molecule has 0 unspecified atom stereocenters. The van der Waals surface area contributed by atoms with Crippen LogP contribution >= 0.6 is 35.6 Å². The number of halogens is 2. The van der Waals surface area contributed by atoms with Crippen molar-refractivity contribution in [2.75, 3.05) is 6.54 Å². The summed E-state index contributed by atoms with van der Waals surface area (Å²) in [4.78, 5) is 24.2. The second kappa shape index (κ2) is 7.21. The van der Waals surface area contributed by atoms with Gasteiger partial charge in [0.05, 0.1) is 9.93 Å². The van der Waals surface area contributed by atoms with E-state index in [-0.39, 0.29) is 40.8 Å². The molecule has 0 bridgehead atoms. The fraction of sp³-hybridized carbons (Fsp3) is 0.214. The average Bonchev–Trinajstić information content (AvgIpc) is 2.70. The van der Waals surface area contributed by atoms with E-state index in [2.05, 4.69) is 0 Å². The van der Waals surface area contributed by atoms with Crippen molar-refractivity contribution >= 4 is 57.9 Å². The Hall–Kier alpha value is -1.44. The SMILES string of the molecule is O=C([O-])CCCN1C(=O)/C(=C\c2c(F)cccc2Cl)SC1=S. The quantitative estimate of drug-likeness (QED) is 0.596. The Balaban J connectivity index is 2.17. The molecule has 1 amide bonds. The smallest absolute Gasteiger partial charge is 0.266 e. The Bertz CT molecular complexity index is 658. The zero-order chi connectivity index (χ0) is 16.3. The van der Waals surface area contributed by atoms with E-state index in [0.717, 1.165) is 11.8 Å². The summed E-state index contributed by atoms with van der Waals surface area (Å²) in [5.41, 5.74) is 0.124. The van der Waals surface area contributed by atoms with Gasteiger partial charge in [0.1, 0.15) is 10.1 Å². The Morgan fingerprint density at radius 3 is 2.86 bits per heavy atom. The predicted octanol–water partition coefficient (Wildman–Crippen LogP) is 2.21. The average molecular weight is 359 g/mol. The molecule has 1 fully saturated rings. The molecule has 1 heterocycles. The number of aliphatic carboxylic acids is 1. The molecule has 2 rings (SSSR count). The molecular formula is C14H10ClFNO3S2-. The number of carboxylic acid groups (broad SMARTS) is 1. The number of benzene rings is 1. The topological polar surface area (TPSA) is 60.4 Å². The molecule has 0 aromatic heterocycles. The Morgan fingerprint density at radius 1 is 1.50 bits per heavy atom. The van der Waals surface area contributed by atoms with Gasteiger partial charge >= 0.3 is 0 Å². The van der Waals surface area contributed by atoms with E-state index in [1.807, 2.05) is 0 Å². The van der Waals surface area contributed by atoms with Crippen LogP contribution in [0.4, 0.5) is 4.39 Å². The Kier molecular flexibility index (Phi) is 5.55. The first-order valence-corrected chi connectivity index (χ1v) is 7.89. The monoisotopic (exact) mass is 358 g/mol. The summed E-state index contributed by atoms with van der Waals surface area (Å²) in [6, 6.07) is 4.25. The van der Waals surface area contributed by atoms with Gasteiger partial charge in [-0.3, -0.25) is 9.69 Å². The Labute approximate surface area is 140 Å². The van der Waals surface area contributed by atoms with Crippen molar-refractivity contribution in [1.29, 1.82) is 0 Å². The lowest BCUT2D eigenvalue weighted by Crippen LogP contribution is -2.30. The molecule has 1 saturated heterocycles. The highest BCUT2D eigenvalue weighted by atomic mass is 35.5. The third-order valence-electron chi connectivity index (χ3n) is 2.91. The number of rotatable bonds is 5. The summed E-state index contributed by atoms with van der Waals surface area (Å²) in [6.45, 7) is 0.182. The molecule has 1 aliphatic rings. The fourth-order valence-corrected chi connectivity index (χ4v) is 3.36. The number of hydrogen-bond donors (Lipinski definition) is 0. The number of nitrogens with zero attached hydrogens (tertiary/aromatic N) is 1. The minimum Gasteiger partial charge on any atom is -0.550 e. The van der Waals surface area contributed by atoms with Crippen LogP contribution in [0.25, 0.3) is 6.08 Å². The number of thiocarbonyl (C=S) groups is 1. The summed E-state index contributed by atoms with van der Waals surface area (Å²) in [7, 11) is 0. The third-order valence-corrected chi connectivity index (χ3v) is 4.62. The predicted molar refractivity (Wildman–Crippen MR) is 85.5 cm³/mol. The molecule has 22 heavy (non-hydrogen) atoms. The van der Waals surface area contributed by atoms with Crippen LogP contribution < -0.4 is 5.11 Å².